The number of hydrogen-bond acceptors (Lipinski definition) is 2. The van der Waals surface area contributed by atoms with Crippen LogP contribution in [0.15, 0.2) is 27.7 Å². The van der Waals surface area contributed by atoms with Crippen LogP contribution in [-0.4, -0.2) is 26.2 Å². The molecule has 1 rings (SSSR count). The van der Waals surface area contributed by atoms with Crippen LogP contribution in [0, 0.1) is 5.92 Å². The molecule has 0 aromatic heterocycles. The molecular weight excluding hydrogens is 318 g/mol. The normalized spacial score (nSPS) is 13.2. The molecule has 5 heteroatoms. The van der Waals surface area contributed by atoms with Gasteiger partial charge in [0.2, 0.25) is 0 Å². The van der Waals surface area contributed by atoms with Crippen molar-refractivity contribution in [1.29, 1.82) is 0 Å². The van der Waals surface area contributed by atoms with Gasteiger partial charge in [0, 0.05) is 29.7 Å². The largest absolute Gasteiger partial charge is 0.496 e. The van der Waals surface area contributed by atoms with Crippen molar-refractivity contribution in [2.75, 3.05) is 14.2 Å². The predicted octanol–water partition coefficient (Wildman–Crippen LogP) is 3.17. The van der Waals surface area contributed by atoms with Crippen LogP contribution in [0.4, 0.5) is 0 Å². The molecule has 0 aliphatic rings. The minimum atomic E-state index is 0.366. The topological polar surface area (TPSA) is 45.7 Å². The van der Waals surface area contributed by atoms with E-state index in [-0.39, 0.29) is 0 Å². The molecule has 1 atom stereocenters. The van der Waals surface area contributed by atoms with E-state index in [0.717, 1.165) is 21.7 Å². The number of hydrogen-bond donors (Lipinski definition) is 2. The third-order valence-corrected chi connectivity index (χ3v) is 3.77. The van der Waals surface area contributed by atoms with Crippen molar-refractivity contribution in [3.63, 3.8) is 0 Å². The summed E-state index contributed by atoms with van der Waals surface area (Å²) in [6.07, 6.45) is 0. The van der Waals surface area contributed by atoms with E-state index < -0.39 is 0 Å². The molecule has 112 valence electrons. The molecule has 1 aromatic carbocycles. The summed E-state index contributed by atoms with van der Waals surface area (Å²) < 4.78 is 6.40. The lowest BCUT2D eigenvalue weighted by Gasteiger charge is -2.21. The first-order valence-corrected chi connectivity index (χ1v) is 7.56. The van der Waals surface area contributed by atoms with E-state index in [9.17, 15) is 0 Å². The van der Waals surface area contributed by atoms with Crippen LogP contribution in [0.5, 0.6) is 5.75 Å². The van der Waals surface area contributed by atoms with Crippen LogP contribution in [-0.2, 0) is 6.54 Å². The molecule has 0 bridgehead atoms. The lowest BCUT2D eigenvalue weighted by atomic mass is 10.1. The van der Waals surface area contributed by atoms with Gasteiger partial charge >= 0.3 is 0 Å². The molecule has 0 aliphatic carbocycles. The van der Waals surface area contributed by atoms with Gasteiger partial charge in [0.15, 0.2) is 5.96 Å². The minimum absolute atomic E-state index is 0.366. The van der Waals surface area contributed by atoms with E-state index in [1.165, 1.54) is 0 Å². The molecule has 4 nitrogen and oxygen atoms in total. The van der Waals surface area contributed by atoms with Gasteiger partial charge in [0.25, 0.3) is 0 Å². The SMILES string of the molecule is CN=C(NCc1cc(Br)ccc1OC)NC(C)C(C)C. The highest BCUT2D eigenvalue weighted by Crippen LogP contribution is 2.22. The third kappa shape index (κ3) is 5.04. The number of methoxy groups -OCH3 is 1. The van der Waals surface area contributed by atoms with Crippen LogP contribution >= 0.6 is 15.9 Å². The van der Waals surface area contributed by atoms with E-state index in [1.807, 2.05) is 18.2 Å². The van der Waals surface area contributed by atoms with Crippen LogP contribution in [0.3, 0.4) is 0 Å². The fraction of sp³-hybridized carbons (Fsp3) is 0.533. The number of rotatable bonds is 5. The van der Waals surface area contributed by atoms with Gasteiger partial charge in [-0.1, -0.05) is 29.8 Å². The van der Waals surface area contributed by atoms with Crippen molar-refractivity contribution in [2.45, 2.75) is 33.4 Å². The van der Waals surface area contributed by atoms with Crippen LogP contribution in [0.1, 0.15) is 26.3 Å². The monoisotopic (exact) mass is 341 g/mol. The Hall–Kier alpha value is -1.23. The second-order valence-electron chi connectivity index (χ2n) is 5.06. The Bertz CT molecular complexity index is 460. The summed E-state index contributed by atoms with van der Waals surface area (Å²) in [5.41, 5.74) is 1.09. The average molecular weight is 342 g/mol. The van der Waals surface area contributed by atoms with Crippen molar-refractivity contribution >= 4 is 21.9 Å². The summed E-state index contributed by atoms with van der Waals surface area (Å²) in [6.45, 7) is 7.18. The average Bonchev–Trinajstić information content (AvgIpc) is 2.43. The molecule has 1 aromatic rings. The summed E-state index contributed by atoms with van der Waals surface area (Å²) >= 11 is 3.48. The standard InChI is InChI=1S/C15H24BrN3O/c1-10(2)11(3)19-15(17-4)18-9-12-8-13(16)6-7-14(12)20-5/h6-8,10-11H,9H2,1-5H3,(H2,17,18,19). The van der Waals surface area contributed by atoms with Gasteiger partial charge in [-0.05, 0) is 31.0 Å². The Morgan fingerprint density at radius 2 is 2.05 bits per heavy atom. The maximum Gasteiger partial charge on any atom is 0.191 e. The van der Waals surface area contributed by atoms with Crippen molar-refractivity contribution in [3.8, 4) is 5.75 Å². The Morgan fingerprint density at radius 3 is 2.60 bits per heavy atom. The van der Waals surface area contributed by atoms with Crippen molar-refractivity contribution in [2.24, 2.45) is 10.9 Å². The van der Waals surface area contributed by atoms with Crippen LogP contribution in [0.2, 0.25) is 0 Å². The molecule has 0 fully saturated rings. The molecule has 0 saturated heterocycles. The Labute approximate surface area is 130 Å². The summed E-state index contributed by atoms with van der Waals surface area (Å²) in [7, 11) is 3.46. The fourth-order valence-electron chi connectivity index (χ4n) is 1.64. The Balaban J connectivity index is 2.67. The first-order valence-electron chi connectivity index (χ1n) is 6.77. The molecule has 0 aliphatic heterocycles. The highest BCUT2D eigenvalue weighted by atomic mass is 79.9. The lowest BCUT2D eigenvalue weighted by molar-refractivity contribution is 0.408. The molecule has 0 spiro atoms. The quantitative estimate of drug-likeness (QED) is 0.638. The van der Waals surface area contributed by atoms with Gasteiger partial charge in [-0.3, -0.25) is 4.99 Å². The van der Waals surface area contributed by atoms with Gasteiger partial charge in [-0.2, -0.15) is 0 Å². The van der Waals surface area contributed by atoms with E-state index >= 15 is 0 Å². The van der Waals surface area contributed by atoms with Crippen molar-refractivity contribution in [1.82, 2.24) is 10.6 Å². The maximum atomic E-state index is 5.36. The number of nitrogens with zero attached hydrogens (tertiary/aromatic N) is 1. The summed E-state index contributed by atoms with van der Waals surface area (Å²) in [6, 6.07) is 6.33. The molecule has 0 heterocycles. The number of nitrogens with one attached hydrogen (secondary N) is 2. The summed E-state index contributed by atoms with van der Waals surface area (Å²) in [5, 5.41) is 6.69. The predicted molar refractivity (Wildman–Crippen MR) is 88.3 cm³/mol. The van der Waals surface area contributed by atoms with Crippen LogP contribution < -0.4 is 15.4 Å². The summed E-state index contributed by atoms with van der Waals surface area (Å²) in [5.74, 6) is 2.22. The maximum absolute atomic E-state index is 5.36. The Morgan fingerprint density at radius 1 is 1.35 bits per heavy atom. The molecule has 2 N–H and O–H groups in total. The molecular formula is C15H24BrN3O. The smallest absolute Gasteiger partial charge is 0.191 e. The zero-order valence-electron chi connectivity index (χ0n) is 12.8. The van der Waals surface area contributed by atoms with Gasteiger partial charge in [0.1, 0.15) is 5.75 Å². The number of aliphatic imine (C=N–C) groups is 1. The zero-order chi connectivity index (χ0) is 15.1. The van der Waals surface area contributed by atoms with E-state index in [0.29, 0.717) is 18.5 Å². The van der Waals surface area contributed by atoms with Gasteiger partial charge in [-0.15, -0.1) is 0 Å². The number of ether oxygens (including phenoxy) is 1. The number of benzene rings is 1. The highest BCUT2D eigenvalue weighted by Gasteiger charge is 2.10. The highest BCUT2D eigenvalue weighted by molar-refractivity contribution is 9.10. The third-order valence-electron chi connectivity index (χ3n) is 3.28. The first kappa shape index (κ1) is 16.8. The van der Waals surface area contributed by atoms with E-state index in [4.69, 9.17) is 4.74 Å². The minimum Gasteiger partial charge on any atom is -0.496 e. The fourth-order valence-corrected chi connectivity index (χ4v) is 2.05. The first-order chi connectivity index (χ1) is 9.47. The lowest BCUT2D eigenvalue weighted by Crippen LogP contribution is -2.43. The van der Waals surface area contributed by atoms with E-state index in [1.54, 1.807) is 14.2 Å². The number of halogens is 1. The second-order valence-corrected chi connectivity index (χ2v) is 5.97. The number of guanidine groups is 1. The molecule has 0 amide bonds. The molecule has 0 saturated carbocycles. The zero-order valence-corrected chi connectivity index (χ0v) is 14.4. The Kier molecular flexibility index (Phi) is 6.85. The van der Waals surface area contributed by atoms with Crippen molar-refractivity contribution < 1.29 is 4.74 Å². The molecule has 0 radical (unpaired) electrons. The molecule has 20 heavy (non-hydrogen) atoms. The summed E-state index contributed by atoms with van der Waals surface area (Å²) in [4.78, 5) is 4.25. The van der Waals surface area contributed by atoms with Crippen molar-refractivity contribution in [3.05, 3.63) is 28.2 Å². The van der Waals surface area contributed by atoms with Gasteiger partial charge < -0.3 is 15.4 Å². The second kappa shape index (κ2) is 8.15. The van der Waals surface area contributed by atoms with Gasteiger partial charge in [-0.25, -0.2) is 0 Å². The van der Waals surface area contributed by atoms with E-state index in [2.05, 4.69) is 52.3 Å². The van der Waals surface area contributed by atoms with Gasteiger partial charge in [0.05, 0.1) is 7.11 Å². The molecule has 1 unspecified atom stereocenters. The van der Waals surface area contributed by atoms with Crippen LogP contribution in [0.25, 0.3) is 0 Å².